The molecule has 0 aliphatic carbocycles. The van der Waals surface area contributed by atoms with E-state index in [0.29, 0.717) is 5.15 Å². The van der Waals surface area contributed by atoms with Crippen molar-refractivity contribution in [2.45, 2.75) is 19.8 Å². The highest BCUT2D eigenvalue weighted by atomic mass is 127. The summed E-state index contributed by atoms with van der Waals surface area (Å²) in [5.74, 6) is 1.51. The zero-order valence-electron chi connectivity index (χ0n) is 9.95. The highest BCUT2D eigenvalue weighted by Crippen LogP contribution is 2.22. The third kappa shape index (κ3) is 3.55. The van der Waals surface area contributed by atoms with Gasteiger partial charge in [-0.3, -0.25) is 0 Å². The lowest BCUT2D eigenvalue weighted by Gasteiger charge is -2.09. The van der Waals surface area contributed by atoms with Crippen LogP contribution in [0.4, 0.5) is 11.5 Å². The van der Waals surface area contributed by atoms with Crippen molar-refractivity contribution >= 4 is 45.7 Å². The van der Waals surface area contributed by atoms with Crippen LogP contribution in [0.25, 0.3) is 0 Å². The summed E-state index contributed by atoms with van der Waals surface area (Å²) in [6, 6.07) is 9.78. The third-order valence-corrected chi connectivity index (χ3v) is 3.49. The first kappa shape index (κ1) is 13.5. The molecule has 0 saturated carbocycles. The van der Waals surface area contributed by atoms with Crippen LogP contribution in [0.2, 0.25) is 5.15 Å². The van der Waals surface area contributed by atoms with E-state index >= 15 is 0 Å². The first-order chi connectivity index (χ1) is 8.69. The van der Waals surface area contributed by atoms with E-state index in [0.717, 1.165) is 33.7 Å². The molecule has 0 saturated heterocycles. The van der Waals surface area contributed by atoms with Crippen LogP contribution in [0, 0.1) is 3.57 Å². The maximum Gasteiger partial charge on any atom is 0.135 e. The molecule has 2 rings (SSSR count). The summed E-state index contributed by atoms with van der Waals surface area (Å²) < 4.78 is 1.14. The second-order valence-electron chi connectivity index (χ2n) is 3.85. The Morgan fingerprint density at radius 1 is 1.28 bits per heavy atom. The molecule has 0 bridgehead atoms. The second-order valence-corrected chi connectivity index (χ2v) is 5.40. The van der Waals surface area contributed by atoms with E-state index in [1.165, 1.54) is 0 Å². The Morgan fingerprint density at radius 3 is 2.78 bits per heavy atom. The van der Waals surface area contributed by atoms with Crippen molar-refractivity contribution in [1.29, 1.82) is 0 Å². The van der Waals surface area contributed by atoms with Gasteiger partial charge in [0.15, 0.2) is 0 Å². The quantitative estimate of drug-likeness (QED) is 0.636. The normalized spacial score (nSPS) is 10.4. The van der Waals surface area contributed by atoms with Crippen molar-refractivity contribution in [2.24, 2.45) is 0 Å². The van der Waals surface area contributed by atoms with Crippen molar-refractivity contribution in [3.05, 3.63) is 44.9 Å². The van der Waals surface area contributed by atoms with E-state index in [-0.39, 0.29) is 0 Å². The number of rotatable bonds is 4. The summed E-state index contributed by atoms with van der Waals surface area (Å²) >= 11 is 8.28. The standard InChI is InChI=1S/C13H13ClIN3/c1-2-5-12-17-11(14)8-13(18-12)16-10-7-4-3-6-9(10)15/h3-4,6-8H,2,5H2,1H3,(H,16,17,18). The van der Waals surface area contributed by atoms with Crippen LogP contribution in [0.15, 0.2) is 30.3 Å². The SMILES string of the molecule is CCCc1nc(Cl)cc(Nc2ccccc2I)n1. The predicted molar refractivity (Wildman–Crippen MR) is 83.5 cm³/mol. The minimum atomic E-state index is 0.474. The maximum atomic E-state index is 6.00. The summed E-state index contributed by atoms with van der Waals surface area (Å²) in [7, 11) is 0. The molecule has 0 aliphatic heterocycles. The van der Waals surface area contributed by atoms with Crippen LogP contribution in [0.1, 0.15) is 19.2 Å². The van der Waals surface area contributed by atoms with Gasteiger partial charge in [0.05, 0.1) is 5.69 Å². The van der Waals surface area contributed by atoms with E-state index in [1.807, 2.05) is 24.3 Å². The highest BCUT2D eigenvalue weighted by Gasteiger charge is 2.04. The summed E-state index contributed by atoms with van der Waals surface area (Å²) in [6.45, 7) is 2.09. The molecular formula is C13H13ClIN3. The van der Waals surface area contributed by atoms with E-state index in [4.69, 9.17) is 11.6 Å². The van der Waals surface area contributed by atoms with Crippen molar-refractivity contribution in [3.8, 4) is 0 Å². The molecule has 2 aromatic rings. The Morgan fingerprint density at radius 2 is 2.06 bits per heavy atom. The predicted octanol–water partition coefficient (Wildman–Crippen LogP) is 4.43. The van der Waals surface area contributed by atoms with Crippen molar-refractivity contribution in [2.75, 3.05) is 5.32 Å². The molecule has 0 unspecified atom stereocenters. The van der Waals surface area contributed by atoms with E-state index < -0.39 is 0 Å². The van der Waals surface area contributed by atoms with Crippen molar-refractivity contribution < 1.29 is 0 Å². The van der Waals surface area contributed by atoms with Gasteiger partial charge in [0, 0.05) is 16.1 Å². The van der Waals surface area contributed by atoms with Gasteiger partial charge in [0.2, 0.25) is 0 Å². The fourth-order valence-corrected chi connectivity index (χ4v) is 2.29. The molecule has 5 heteroatoms. The molecule has 0 spiro atoms. The molecule has 0 amide bonds. The van der Waals surface area contributed by atoms with Crippen LogP contribution in [-0.4, -0.2) is 9.97 Å². The molecule has 1 aromatic heterocycles. The average molecular weight is 374 g/mol. The number of nitrogens with zero attached hydrogens (tertiary/aromatic N) is 2. The van der Waals surface area contributed by atoms with Gasteiger partial charge in [-0.1, -0.05) is 30.7 Å². The Balaban J connectivity index is 2.26. The van der Waals surface area contributed by atoms with Crippen molar-refractivity contribution in [3.63, 3.8) is 0 Å². The number of hydrogen-bond donors (Lipinski definition) is 1. The Hall–Kier alpha value is -0.880. The largest absolute Gasteiger partial charge is 0.339 e. The lowest BCUT2D eigenvalue weighted by Crippen LogP contribution is -2.01. The number of nitrogens with one attached hydrogen (secondary N) is 1. The van der Waals surface area contributed by atoms with E-state index in [1.54, 1.807) is 6.07 Å². The van der Waals surface area contributed by atoms with Gasteiger partial charge in [0.1, 0.15) is 16.8 Å². The van der Waals surface area contributed by atoms with E-state index in [2.05, 4.69) is 44.8 Å². The number of halogens is 2. The molecule has 0 aliphatic rings. The van der Waals surface area contributed by atoms with Gasteiger partial charge in [-0.15, -0.1) is 0 Å². The average Bonchev–Trinajstić information content (AvgIpc) is 2.32. The van der Waals surface area contributed by atoms with Gasteiger partial charge in [-0.05, 0) is 41.1 Å². The lowest BCUT2D eigenvalue weighted by atomic mass is 10.3. The maximum absolute atomic E-state index is 6.00. The first-order valence-electron chi connectivity index (χ1n) is 5.74. The summed E-state index contributed by atoms with van der Waals surface area (Å²) in [6.07, 6.45) is 1.84. The number of aromatic nitrogens is 2. The molecule has 3 nitrogen and oxygen atoms in total. The first-order valence-corrected chi connectivity index (χ1v) is 7.19. The molecule has 0 atom stereocenters. The fraction of sp³-hybridized carbons (Fsp3) is 0.231. The summed E-state index contributed by atoms with van der Waals surface area (Å²) in [5.41, 5.74) is 1.02. The minimum Gasteiger partial charge on any atom is -0.339 e. The van der Waals surface area contributed by atoms with Crippen LogP contribution < -0.4 is 5.32 Å². The van der Waals surface area contributed by atoms with Crippen LogP contribution in [0.3, 0.4) is 0 Å². The molecular weight excluding hydrogens is 361 g/mol. The minimum absolute atomic E-state index is 0.474. The molecule has 0 radical (unpaired) electrons. The molecule has 0 fully saturated rings. The molecule has 1 N–H and O–H groups in total. The zero-order valence-corrected chi connectivity index (χ0v) is 12.9. The van der Waals surface area contributed by atoms with Crippen LogP contribution >= 0.6 is 34.2 Å². The monoisotopic (exact) mass is 373 g/mol. The fourth-order valence-electron chi connectivity index (χ4n) is 1.56. The van der Waals surface area contributed by atoms with Crippen LogP contribution in [0.5, 0.6) is 0 Å². The van der Waals surface area contributed by atoms with E-state index in [9.17, 15) is 0 Å². The topological polar surface area (TPSA) is 37.8 Å². The van der Waals surface area contributed by atoms with Gasteiger partial charge < -0.3 is 5.32 Å². The molecule has 1 heterocycles. The molecule has 18 heavy (non-hydrogen) atoms. The highest BCUT2D eigenvalue weighted by molar-refractivity contribution is 14.1. The number of hydrogen-bond acceptors (Lipinski definition) is 3. The van der Waals surface area contributed by atoms with Crippen LogP contribution in [-0.2, 0) is 6.42 Å². The number of benzene rings is 1. The third-order valence-electron chi connectivity index (χ3n) is 2.35. The second kappa shape index (κ2) is 6.33. The molecule has 1 aromatic carbocycles. The number of aryl methyl sites for hydroxylation is 1. The van der Waals surface area contributed by atoms with Gasteiger partial charge in [-0.25, -0.2) is 9.97 Å². The number of para-hydroxylation sites is 1. The summed E-state index contributed by atoms with van der Waals surface area (Å²) in [4.78, 5) is 8.65. The smallest absolute Gasteiger partial charge is 0.135 e. The van der Waals surface area contributed by atoms with Gasteiger partial charge in [-0.2, -0.15) is 0 Å². The summed E-state index contributed by atoms with van der Waals surface area (Å²) in [5, 5.41) is 3.74. The van der Waals surface area contributed by atoms with Gasteiger partial charge >= 0.3 is 0 Å². The van der Waals surface area contributed by atoms with Gasteiger partial charge in [0.25, 0.3) is 0 Å². The Labute approximate surface area is 125 Å². The lowest BCUT2D eigenvalue weighted by molar-refractivity contribution is 0.837. The Kier molecular flexibility index (Phi) is 4.77. The zero-order chi connectivity index (χ0) is 13.0. The Bertz CT molecular complexity index is 546. The molecule has 94 valence electrons. The van der Waals surface area contributed by atoms with Crippen molar-refractivity contribution in [1.82, 2.24) is 9.97 Å². The number of anilines is 2.